The van der Waals surface area contributed by atoms with Gasteiger partial charge in [0, 0.05) is 13.6 Å². The zero-order valence-electron chi connectivity index (χ0n) is 16.0. The molecule has 0 saturated carbocycles. The van der Waals surface area contributed by atoms with Crippen molar-refractivity contribution in [3.63, 3.8) is 0 Å². The molecule has 7 nitrogen and oxygen atoms in total. The van der Waals surface area contributed by atoms with Gasteiger partial charge in [0.1, 0.15) is 11.5 Å². The molecule has 0 aliphatic rings. The number of ether oxygens (including phenoxy) is 3. The number of benzene rings is 2. The Morgan fingerprint density at radius 1 is 1.04 bits per heavy atom. The van der Waals surface area contributed by atoms with Gasteiger partial charge in [-0.25, -0.2) is 13.2 Å². The third kappa shape index (κ3) is 4.23. The van der Waals surface area contributed by atoms with E-state index in [1.807, 2.05) is 0 Å². The lowest BCUT2D eigenvalue weighted by Gasteiger charge is -2.21. The Kier molecular flexibility index (Phi) is 6.45. The van der Waals surface area contributed by atoms with Crippen LogP contribution in [-0.4, -0.2) is 47.1 Å². The van der Waals surface area contributed by atoms with Crippen LogP contribution in [0.1, 0.15) is 21.5 Å². The standard InChI is InChI=1S/C19H23NO6S/c1-13-9-10-14(11-15(13)19(21)26-5)27(22,23)20(2)12-16-17(24-3)7-6-8-18(16)25-4/h6-11H,12H2,1-5H3. The van der Waals surface area contributed by atoms with Gasteiger partial charge in [0.2, 0.25) is 10.0 Å². The van der Waals surface area contributed by atoms with E-state index in [1.54, 1.807) is 31.2 Å². The Balaban J connectivity index is 2.42. The van der Waals surface area contributed by atoms with Gasteiger partial charge in [-0.3, -0.25) is 0 Å². The van der Waals surface area contributed by atoms with E-state index >= 15 is 0 Å². The molecular formula is C19H23NO6S. The second-order valence-corrected chi connectivity index (χ2v) is 7.92. The van der Waals surface area contributed by atoms with Crippen molar-refractivity contribution < 1.29 is 27.4 Å². The summed E-state index contributed by atoms with van der Waals surface area (Å²) in [6, 6.07) is 9.60. The Labute approximate surface area is 159 Å². The summed E-state index contributed by atoms with van der Waals surface area (Å²) in [6.45, 7) is 1.75. The van der Waals surface area contributed by atoms with Crippen LogP contribution in [0.2, 0.25) is 0 Å². The van der Waals surface area contributed by atoms with E-state index in [2.05, 4.69) is 0 Å². The number of sulfonamides is 1. The lowest BCUT2D eigenvalue weighted by molar-refractivity contribution is 0.0599. The van der Waals surface area contributed by atoms with Crippen LogP contribution < -0.4 is 9.47 Å². The minimum atomic E-state index is -3.85. The van der Waals surface area contributed by atoms with Crippen LogP contribution in [0.15, 0.2) is 41.3 Å². The van der Waals surface area contributed by atoms with Crippen molar-refractivity contribution >= 4 is 16.0 Å². The minimum absolute atomic E-state index is 0.00450. The number of nitrogens with zero attached hydrogens (tertiary/aromatic N) is 1. The van der Waals surface area contributed by atoms with Crippen LogP contribution in [0.5, 0.6) is 11.5 Å². The largest absolute Gasteiger partial charge is 0.496 e. The summed E-state index contributed by atoms with van der Waals surface area (Å²) < 4.78 is 42.6. The fourth-order valence-electron chi connectivity index (χ4n) is 2.66. The zero-order chi connectivity index (χ0) is 20.2. The molecule has 0 heterocycles. The summed E-state index contributed by atoms with van der Waals surface area (Å²) in [5.74, 6) is 0.463. The summed E-state index contributed by atoms with van der Waals surface area (Å²) in [4.78, 5) is 11.9. The van der Waals surface area contributed by atoms with E-state index in [0.29, 0.717) is 22.6 Å². The minimum Gasteiger partial charge on any atom is -0.496 e. The molecule has 0 fully saturated rings. The summed E-state index contributed by atoms with van der Waals surface area (Å²) in [5, 5.41) is 0. The highest BCUT2D eigenvalue weighted by Gasteiger charge is 2.25. The molecule has 2 aromatic rings. The van der Waals surface area contributed by atoms with Crippen molar-refractivity contribution in [2.24, 2.45) is 0 Å². The number of hydrogen-bond donors (Lipinski definition) is 0. The first kappa shape index (κ1) is 20.7. The molecule has 0 N–H and O–H groups in total. The van der Waals surface area contributed by atoms with E-state index in [-0.39, 0.29) is 17.0 Å². The maximum absolute atomic E-state index is 13.0. The van der Waals surface area contributed by atoms with Gasteiger partial charge in [-0.1, -0.05) is 12.1 Å². The molecule has 0 unspecified atom stereocenters. The third-order valence-corrected chi connectivity index (χ3v) is 6.03. The lowest BCUT2D eigenvalue weighted by atomic mass is 10.1. The monoisotopic (exact) mass is 393 g/mol. The van der Waals surface area contributed by atoms with Gasteiger partial charge in [-0.05, 0) is 36.8 Å². The second kappa shape index (κ2) is 8.41. The number of esters is 1. The molecule has 0 amide bonds. The summed E-state index contributed by atoms with van der Waals surface area (Å²) in [6.07, 6.45) is 0. The lowest BCUT2D eigenvalue weighted by Crippen LogP contribution is -2.27. The number of carbonyl (C=O) groups is 1. The average Bonchev–Trinajstić information content (AvgIpc) is 2.67. The molecular weight excluding hydrogens is 370 g/mol. The first-order chi connectivity index (χ1) is 12.8. The maximum Gasteiger partial charge on any atom is 0.338 e. The van der Waals surface area contributed by atoms with Crippen LogP contribution >= 0.6 is 0 Å². The van der Waals surface area contributed by atoms with Crippen LogP contribution in [0.4, 0.5) is 0 Å². The van der Waals surface area contributed by atoms with Gasteiger partial charge in [-0.15, -0.1) is 0 Å². The van der Waals surface area contributed by atoms with Crippen molar-refractivity contribution in [1.82, 2.24) is 4.31 Å². The van der Waals surface area contributed by atoms with Crippen molar-refractivity contribution in [2.45, 2.75) is 18.4 Å². The first-order valence-corrected chi connectivity index (χ1v) is 9.55. The van der Waals surface area contributed by atoms with E-state index in [1.165, 1.54) is 44.8 Å². The van der Waals surface area contributed by atoms with Gasteiger partial charge in [0.15, 0.2) is 0 Å². The van der Waals surface area contributed by atoms with Gasteiger partial charge < -0.3 is 14.2 Å². The second-order valence-electron chi connectivity index (χ2n) is 5.87. The number of carbonyl (C=O) groups excluding carboxylic acids is 1. The van der Waals surface area contributed by atoms with E-state index in [9.17, 15) is 13.2 Å². The highest BCUT2D eigenvalue weighted by Crippen LogP contribution is 2.31. The molecule has 0 aliphatic carbocycles. The Bertz CT molecular complexity index is 917. The fraction of sp³-hybridized carbons (Fsp3) is 0.316. The van der Waals surface area contributed by atoms with Crippen LogP contribution in [-0.2, 0) is 21.3 Å². The smallest absolute Gasteiger partial charge is 0.338 e. The molecule has 2 rings (SSSR count). The van der Waals surface area contributed by atoms with Gasteiger partial charge >= 0.3 is 5.97 Å². The number of rotatable bonds is 7. The van der Waals surface area contributed by atoms with Crippen LogP contribution in [0.25, 0.3) is 0 Å². The molecule has 27 heavy (non-hydrogen) atoms. The number of hydrogen-bond acceptors (Lipinski definition) is 6. The highest BCUT2D eigenvalue weighted by molar-refractivity contribution is 7.89. The van der Waals surface area contributed by atoms with Gasteiger partial charge in [0.25, 0.3) is 0 Å². The predicted molar refractivity (Wildman–Crippen MR) is 101 cm³/mol. The topological polar surface area (TPSA) is 82.1 Å². The highest BCUT2D eigenvalue weighted by atomic mass is 32.2. The summed E-state index contributed by atoms with van der Waals surface area (Å²) in [5.41, 5.74) is 1.45. The number of aryl methyl sites for hydroxylation is 1. The first-order valence-electron chi connectivity index (χ1n) is 8.11. The van der Waals surface area contributed by atoms with Crippen molar-refractivity contribution in [3.8, 4) is 11.5 Å². The molecule has 146 valence electrons. The van der Waals surface area contributed by atoms with Gasteiger partial charge in [-0.2, -0.15) is 4.31 Å². The Morgan fingerprint density at radius 2 is 1.63 bits per heavy atom. The Morgan fingerprint density at radius 3 is 2.15 bits per heavy atom. The van der Waals surface area contributed by atoms with E-state index in [0.717, 1.165) is 0 Å². The third-order valence-electron chi connectivity index (χ3n) is 4.23. The summed E-state index contributed by atoms with van der Waals surface area (Å²) in [7, 11) is 1.88. The average molecular weight is 393 g/mol. The molecule has 0 atom stereocenters. The van der Waals surface area contributed by atoms with Crippen LogP contribution in [0.3, 0.4) is 0 Å². The summed E-state index contributed by atoms with van der Waals surface area (Å²) >= 11 is 0. The molecule has 8 heteroatoms. The SMILES string of the molecule is COC(=O)c1cc(S(=O)(=O)N(C)Cc2c(OC)cccc2OC)ccc1C. The van der Waals surface area contributed by atoms with Crippen molar-refractivity contribution in [2.75, 3.05) is 28.4 Å². The zero-order valence-corrected chi connectivity index (χ0v) is 16.8. The molecule has 0 saturated heterocycles. The Hall–Kier alpha value is -2.58. The number of methoxy groups -OCH3 is 3. The van der Waals surface area contributed by atoms with Gasteiger partial charge in [0.05, 0.1) is 37.4 Å². The van der Waals surface area contributed by atoms with Crippen LogP contribution in [0, 0.1) is 6.92 Å². The molecule has 0 bridgehead atoms. The van der Waals surface area contributed by atoms with E-state index in [4.69, 9.17) is 14.2 Å². The molecule has 2 aromatic carbocycles. The molecule has 0 radical (unpaired) electrons. The maximum atomic E-state index is 13.0. The normalized spacial score (nSPS) is 11.3. The molecule has 0 spiro atoms. The predicted octanol–water partition coefficient (Wildman–Crippen LogP) is 2.62. The molecule has 0 aromatic heterocycles. The quantitative estimate of drug-likeness (QED) is 0.673. The van der Waals surface area contributed by atoms with Crippen molar-refractivity contribution in [1.29, 1.82) is 0 Å². The molecule has 0 aliphatic heterocycles. The fourth-order valence-corrected chi connectivity index (χ4v) is 3.83. The van der Waals surface area contributed by atoms with Crippen molar-refractivity contribution in [3.05, 3.63) is 53.1 Å². The van der Waals surface area contributed by atoms with E-state index < -0.39 is 16.0 Å².